The van der Waals surface area contributed by atoms with E-state index in [4.69, 9.17) is 0 Å². The van der Waals surface area contributed by atoms with Gasteiger partial charge < -0.3 is 15.3 Å². The van der Waals surface area contributed by atoms with Gasteiger partial charge in [-0.15, -0.1) is 19.8 Å². The maximum atomic E-state index is 9.75. The van der Waals surface area contributed by atoms with E-state index >= 15 is 0 Å². The summed E-state index contributed by atoms with van der Waals surface area (Å²) < 4.78 is 0. The van der Waals surface area contributed by atoms with E-state index in [0.29, 0.717) is 19.3 Å². The molecular weight excluding hydrogens is 339 g/mol. The van der Waals surface area contributed by atoms with Gasteiger partial charge in [-0.05, 0) is 19.3 Å². The van der Waals surface area contributed by atoms with Crippen LogP contribution in [0.1, 0.15) is 73.1 Å². The molecule has 0 N–H and O–H groups in total. The molecule has 0 spiro atoms. The summed E-state index contributed by atoms with van der Waals surface area (Å²) >= 11 is 0.815. The molecule has 0 aromatic rings. The van der Waals surface area contributed by atoms with Gasteiger partial charge in [-0.25, -0.2) is 0 Å². The average molecular weight is 383 g/mol. The van der Waals surface area contributed by atoms with E-state index in [1.807, 2.05) is 36.5 Å². The number of hydrogen-bond acceptors (Lipinski definition) is 3. The Bertz CT molecular complexity index is 224. The molecule has 0 aliphatic carbocycles. The Morgan fingerprint density at radius 3 is 0.885 bits per heavy atom. The second-order valence-electron chi connectivity index (χ2n) is 5.22. The molecule has 0 rings (SSSR count). The molecular formula is C22H43AlO3-2. The summed E-state index contributed by atoms with van der Waals surface area (Å²) in [5, 5.41) is 32.1. The molecule has 0 aliphatic heterocycles. The molecule has 4 heteroatoms. The van der Waals surface area contributed by atoms with Gasteiger partial charge in [0.15, 0.2) is 0 Å². The van der Waals surface area contributed by atoms with Gasteiger partial charge in [0.1, 0.15) is 0 Å². The fourth-order valence-corrected chi connectivity index (χ4v) is 1.92. The summed E-state index contributed by atoms with van der Waals surface area (Å²) in [5.41, 5.74) is 0. The fourth-order valence-electron chi connectivity index (χ4n) is 1.35. The van der Waals surface area contributed by atoms with Crippen LogP contribution in [0.3, 0.4) is 0 Å². The van der Waals surface area contributed by atoms with Crippen molar-refractivity contribution >= 4 is 15.2 Å². The van der Waals surface area contributed by atoms with Gasteiger partial charge in [0.05, 0.1) is 0 Å². The number of rotatable bonds is 11. The number of allylic oxidation sites excluding steroid dienone is 3. The van der Waals surface area contributed by atoms with Crippen LogP contribution in [0.5, 0.6) is 0 Å². The number of hydrogen-bond donors (Lipinski definition) is 0. The van der Waals surface area contributed by atoms with Crippen LogP contribution in [0.25, 0.3) is 0 Å². The second-order valence-corrected chi connectivity index (χ2v) is 7.43. The predicted molar refractivity (Wildman–Crippen MR) is 113 cm³/mol. The first-order valence-corrected chi connectivity index (χ1v) is 11.8. The van der Waals surface area contributed by atoms with E-state index in [2.05, 4.69) is 34.6 Å². The average Bonchev–Trinajstić information content (AvgIpc) is 2.65. The Balaban J connectivity index is -0.000000125. The van der Waals surface area contributed by atoms with Crippen LogP contribution in [0.2, 0.25) is 10.6 Å². The van der Waals surface area contributed by atoms with Gasteiger partial charge in [-0.3, -0.25) is 0 Å². The molecule has 0 bridgehead atoms. The first-order chi connectivity index (χ1) is 12.7. The van der Waals surface area contributed by atoms with Crippen molar-refractivity contribution in [3.05, 3.63) is 36.5 Å². The van der Waals surface area contributed by atoms with E-state index in [1.165, 1.54) is 10.6 Å². The molecule has 0 aromatic carbocycles. The summed E-state index contributed by atoms with van der Waals surface area (Å²) in [6, 6.07) is 0. The summed E-state index contributed by atoms with van der Waals surface area (Å²) in [4.78, 5) is 0. The third-order valence-electron chi connectivity index (χ3n) is 2.64. The molecule has 0 aromatic heterocycles. The minimum atomic E-state index is 0.0243. The van der Waals surface area contributed by atoms with E-state index in [9.17, 15) is 15.3 Å². The van der Waals surface area contributed by atoms with Crippen LogP contribution in [0, 0.1) is 0 Å². The molecule has 0 saturated heterocycles. The Hall–Kier alpha value is -0.368. The van der Waals surface area contributed by atoms with Gasteiger partial charge in [0, 0.05) is 0 Å². The predicted octanol–water partition coefficient (Wildman–Crippen LogP) is 3.68. The van der Waals surface area contributed by atoms with Crippen LogP contribution in [0.4, 0.5) is 0 Å². The van der Waals surface area contributed by atoms with Crippen molar-refractivity contribution in [2.45, 2.75) is 83.7 Å². The molecule has 0 amide bonds. The first kappa shape index (κ1) is 33.2. The van der Waals surface area contributed by atoms with Crippen LogP contribution in [-0.2, 0) is 0 Å². The van der Waals surface area contributed by atoms with E-state index in [0.717, 1.165) is 34.5 Å². The van der Waals surface area contributed by atoms with E-state index < -0.39 is 0 Å². The Labute approximate surface area is 170 Å². The van der Waals surface area contributed by atoms with Crippen LogP contribution < -0.4 is 15.3 Å². The molecule has 3 nitrogen and oxygen atoms in total. The summed E-state index contributed by atoms with van der Waals surface area (Å²) in [5.74, 6) is 0. The van der Waals surface area contributed by atoms with Gasteiger partial charge >= 0.3 is 39.6 Å². The van der Waals surface area contributed by atoms with Gasteiger partial charge in [-0.1, -0.05) is 76.5 Å². The van der Waals surface area contributed by atoms with Crippen molar-refractivity contribution in [1.82, 2.24) is 0 Å². The van der Waals surface area contributed by atoms with Crippen LogP contribution in [0.15, 0.2) is 36.5 Å². The first-order valence-electron chi connectivity index (χ1n) is 10.2. The Morgan fingerprint density at radius 2 is 0.769 bits per heavy atom. The van der Waals surface area contributed by atoms with Crippen LogP contribution in [-0.4, -0.2) is 35.0 Å². The zero-order chi connectivity index (χ0) is 20.7. The van der Waals surface area contributed by atoms with E-state index in [1.54, 1.807) is 0 Å². The SMILES string of the molecule is CC/C=C/CC[O-].CC/C=C/CC[O-].CC/C=C/CC[O-].C[CH2][Al+][CH2]C. The topological polar surface area (TPSA) is 69.2 Å². The van der Waals surface area contributed by atoms with Crippen molar-refractivity contribution in [2.24, 2.45) is 0 Å². The van der Waals surface area contributed by atoms with Crippen molar-refractivity contribution in [3.63, 3.8) is 0 Å². The third-order valence-corrected chi connectivity index (χ3v) is 3.79. The quantitative estimate of drug-likeness (QED) is 0.404. The summed E-state index contributed by atoms with van der Waals surface area (Å²) in [6.07, 6.45) is 17.0. The zero-order valence-electron chi connectivity index (χ0n) is 18.0. The molecule has 0 radical (unpaired) electrons. The van der Waals surface area contributed by atoms with Gasteiger partial charge in [0.2, 0.25) is 0 Å². The van der Waals surface area contributed by atoms with Gasteiger partial charge in [0.25, 0.3) is 0 Å². The molecule has 0 saturated carbocycles. The standard InChI is InChI=1S/3C6H11O.2C2H5.Al/c3*1-2-3-4-5-6-7;2*1-2;/h3*3-4H,2,5-6H2,1H3;2*1H2,2H3;/q3*-1;;;+1/b3*4-3+;;;. The normalized spacial score (nSPS) is 9.85. The maximum absolute atomic E-state index is 9.75. The van der Waals surface area contributed by atoms with Crippen molar-refractivity contribution in [1.29, 1.82) is 0 Å². The monoisotopic (exact) mass is 382 g/mol. The van der Waals surface area contributed by atoms with Crippen LogP contribution >= 0.6 is 0 Å². The molecule has 0 heterocycles. The van der Waals surface area contributed by atoms with E-state index in [-0.39, 0.29) is 19.8 Å². The molecule has 0 aliphatic rings. The molecule has 0 atom stereocenters. The molecule has 26 heavy (non-hydrogen) atoms. The molecule has 154 valence electrons. The third kappa shape index (κ3) is 65.1. The summed E-state index contributed by atoms with van der Waals surface area (Å²) in [7, 11) is 0. The minimum absolute atomic E-state index is 0.0243. The molecule has 0 fully saturated rings. The zero-order valence-corrected chi connectivity index (χ0v) is 19.2. The second kappa shape index (κ2) is 44.2. The summed E-state index contributed by atoms with van der Waals surface area (Å²) in [6.45, 7) is 10.7. The van der Waals surface area contributed by atoms with Crippen molar-refractivity contribution < 1.29 is 15.3 Å². The van der Waals surface area contributed by atoms with Gasteiger partial charge in [-0.2, -0.15) is 0 Å². The Kier molecular flexibility index (Phi) is 56.6. The fraction of sp³-hybridized carbons (Fsp3) is 0.727. The van der Waals surface area contributed by atoms with Crippen molar-refractivity contribution in [2.75, 3.05) is 19.8 Å². The molecule has 0 unspecified atom stereocenters. The van der Waals surface area contributed by atoms with Crippen molar-refractivity contribution in [3.8, 4) is 0 Å². The Morgan fingerprint density at radius 1 is 0.500 bits per heavy atom.